The zero-order chi connectivity index (χ0) is 14.2. The second kappa shape index (κ2) is 5.76. The van der Waals surface area contributed by atoms with Crippen LogP contribution in [0.3, 0.4) is 0 Å². The molecule has 3 aliphatic carbocycles. The fourth-order valence-electron chi connectivity index (χ4n) is 5.23. The highest BCUT2D eigenvalue weighted by Crippen LogP contribution is 2.59. The summed E-state index contributed by atoms with van der Waals surface area (Å²) < 4.78 is 0. The Hall–Kier alpha value is -0.820. The Labute approximate surface area is 129 Å². The summed E-state index contributed by atoms with van der Waals surface area (Å²) in [6.07, 6.45) is 12.8. The predicted molar refractivity (Wildman–Crippen MR) is 88.1 cm³/mol. The normalized spacial score (nSPS) is 34.2. The zero-order valence-corrected chi connectivity index (χ0v) is 13.1. The molecule has 0 aromatic heterocycles. The Morgan fingerprint density at radius 1 is 0.762 bits per heavy atom. The molecule has 0 radical (unpaired) electrons. The van der Waals surface area contributed by atoms with E-state index in [0.29, 0.717) is 6.04 Å². The minimum Gasteiger partial charge on any atom is -0.324 e. The Morgan fingerprint density at radius 2 is 1.33 bits per heavy atom. The van der Waals surface area contributed by atoms with Gasteiger partial charge in [0.1, 0.15) is 0 Å². The van der Waals surface area contributed by atoms with E-state index in [9.17, 15) is 0 Å². The van der Waals surface area contributed by atoms with E-state index >= 15 is 0 Å². The Bertz CT molecular complexity index is 459. The monoisotopic (exact) mass is 283 g/mol. The molecule has 114 valence electrons. The van der Waals surface area contributed by atoms with Crippen LogP contribution in [0.2, 0.25) is 0 Å². The number of benzene rings is 1. The predicted octanol–water partition coefficient (Wildman–Crippen LogP) is 5.17. The summed E-state index contributed by atoms with van der Waals surface area (Å²) in [7, 11) is 0. The fourth-order valence-corrected chi connectivity index (χ4v) is 5.23. The third-order valence-corrected chi connectivity index (χ3v) is 6.54. The lowest BCUT2D eigenvalue weighted by Gasteiger charge is -2.22. The van der Waals surface area contributed by atoms with Crippen LogP contribution in [0.1, 0.15) is 80.9 Å². The van der Waals surface area contributed by atoms with Crippen LogP contribution in [0.5, 0.6) is 0 Å². The van der Waals surface area contributed by atoms with Crippen molar-refractivity contribution in [1.82, 2.24) is 0 Å². The van der Waals surface area contributed by atoms with E-state index in [2.05, 4.69) is 24.3 Å². The van der Waals surface area contributed by atoms with Gasteiger partial charge in [-0.1, -0.05) is 56.4 Å². The molecule has 3 fully saturated rings. The molecule has 1 aromatic carbocycles. The summed E-state index contributed by atoms with van der Waals surface area (Å²) >= 11 is 0. The van der Waals surface area contributed by atoms with Crippen LogP contribution in [-0.2, 0) is 0 Å². The van der Waals surface area contributed by atoms with Gasteiger partial charge in [0, 0.05) is 6.04 Å². The molecule has 1 aromatic rings. The lowest BCUT2D eigenvalue weighted by atomic mass is 9.83. The van der Waals surface area contributed by atoms with Crippen LogP contribution in [0.15, 0.2) is 24.3 Å². The van der Waals surface area contributed by atoms with Crippen molar-refractivity contribution in [3.05, 3.63) is 35.4 Å². The average molecular weight is 283 g/mol. The molecule has 1 nitrogen and oxygen atoms in total. The molecule has 3 atom stereocenters. The van der Waals surface area contributed by atoms with Crippen molar-refractivity contribution in [3.63, 3.8) is 0 Å². The molecular weight excluding hydrogens is 254 g/mol. The van der Waals surface area contributed by atoms with E-state index in [-0.39, 0.29) is 0 Å². The third kappa shape index (κ3) is 2.65. The van der Waals surface area contributed by atoms with E-state index in [0.717, 1.165) is 23.7 Å². The van der Waals surface area contributed by atoms with Crippen LogP contribution in [0, 0.1) is 17.8 Å². The molecule has 1 heteroatoms. The molecule has 0 saturated heterocycles. The molecule has 0 spiro atoms. The van der Waals surface area contributed by atoms with Crippen LogP contribution in [-0.4, -0.2) is 0 Å². The van der Waals surface area contributed by atoms with Crippen molar-refractivity contribution < 1.29 is 0 Å². The zero-order valence-electron chi connectivity index (χ0n) is 13.1. The number of hydrogen-bond acceptors (Lipinski definition) is 1. The maximum Gasteiger partial charge on any atom is 0.0329 e. The highest BCUT2D eigenvalue weighted by molar-refractivity contribution is 5.29. The lowest BCUT2D eigenvalue weighted by molar-refractivity contribution is 0.443. The van der Waals surface area contributed by atoms with Gasteiger partial charge < -0.3 is 5.73 Å². The summed E-state index contributed by atoms with van der Waals surface area (Å²) in [5.41, 5.74) is 9.53. The van der Waals surface area contributed by atoms with E-state index in [1.54, 1.807) is 5.56 Å². The summed E-state index contributed by atoms with van der Waals surface area (Å²) in [6, 6.07) is 9.70. The number of nitrogens with two attached hydrogens (primary N) is 1. The molecule has 0 amide bonds. The molecule has 2 N–H and O–H groups in total. The van der Waals surface area contributed by atoms with E-state index < -0.39 is 0 Å². The van der Waals surface area contributed by atoms with Crippen LogP contribution in [0.25, 0.3) is 0 Å². The van der Waals surface area contributed by atoms with Gasteiger partial charge >= 0.3 is 0 Å². The van der Waals surface area contributed by atoms with Crippen molar-refractivity contribution in [2.24, 2.45) is 23.5 Å². The molecule has 21 heavy (non-hydrogen) atoms. The summed E-state index contributed by atoms with van der Waals surface area (Å²) in [4.78, 5) is 0. The first-order valence-corrected chi connectivity index (χ1v) is 9.20. The molecular formula is C20H29N. The first-order chi connectivity index (χ1) is 10.3. The van der Waals surface area contributed by atoms with E-state index in [1.165, 1.54) is 63.4 Å². The fraction of sp³-hybridized carbons (Fsp3) is 0.700. The highest BCUT2D eigenvalue weighted by Gasteiger charge is 2.53. The quantitative estimate of drug-likeness (QED) is 0.813. The maximum atomic E-state index is 6.59. The van der Waals surface area contributed by atoms with E-state index in [4.69, 9.17) is 5.73 Å². The molecule has 0 bridgehead atoms. The molecule has 3 saturated carbocycles. The topological polar surface area (TPSA) is 26.0 Å². The van der Waals surface area contributed by atoms with Crippen molar-refractivity contribution in [2.45, 2.75) is 69.7 Å². The van der Waals surface area contributed by atoms with Gasteiger partial charge in [-0.05, 0) is 60.5 Å². The first kappa shape index (κ1) is 13.8. The number of rotatable bonds is 3. The summed E-state index contributed by atoms with van der Waals surface area (Å²) in [6.45, 7) is 0. The number of hydrogen-bond donors (Lipinski definition) is 1. The highest BCUT2D eigenvalue weighted by atomic mass is 14.7. The van der Waals surface area contributed by atoms with Crippen LogP contribution >= 0.6 is 0 Å². The van der Waals surface area contributed by atoms with Gasteiger partial charge in [0.2, 0.25) is 0 Å². The molecule has 3 aliphatic rings. The Balaban J connectivity index is 1.43. The Morgan fingerprint density at radius 3 is 1.95 bits per heavy atom. The average Bonchev–Trinajstić information content (AvgIpc) is 3.29. The van der Waals surface area contributed by atoms with Gasteiger partial charge in [0.15, 0.2) is 0 Å². The van der Waals surface area contributed by atoms with Crippen molar-refractivity contribution >= 4 is 0 Å². The second-order valence-corrected chi connectivity index (χ2v) is 7.72. The first-order valence-electron chi connectivity index (χ1n) is 9.20. The van der Waals surface area contributed by atoms with Crippen molar-refractivity contribution in [3.8, 4) is 0 Å². The van der Waals surface area contributed by atoms with Gasteiger partial charge in [-0.3, -0.25) is 0 Å². The molecule has 4 rings (SSSR count). The minimum absolute atomic E-state index is 0.290. The third-order valence-electron chi connectivity index (χ3n) is 6.54. The molecule has 0 aliphatic heterocycles. The van der Waals surface area contributed by atoms with Gasteiger partial charge in [0.25, 0.3) is 0 Å². The van der Waals surface area contributed by atoms with Gasteiger partial charge in [0.05, 0.1) is 0 Å². The largest absolute Gasteiger partial charge is 0.324 e. The van der Waals surface area contributed by atoms with Gasteiger partial charge in [-0.15, -0.1) is 0 Å². The van der Waals surface area contributed by atoms with Crippen molar-refractivity contribution in [2.75, 3.05) is 0 Å². The maximum absolute atomic E-state index is 6.59. The minimum atomic E-state index is 0.290. The van der Waals surface area contributed by atoms with Gasteiger partial charge in [-0.25, -0.2) is 0 Å². The lowest BCUT2D eigenvalue weighted by Crippen LogP contribution is -2.14. The summed E-state index contributed by atoms with van der Waals surface area (Å²) in [5, 5.41) is 0. The van der Waals surface area contributed by atoms with Crippen molar-refractivity contribution in [1.29, 1.82) is 0 Å². The van der Waals surface area contributed by atoms with Crippen LogP contribution in [0.4, 0.5) is 0 Å². The second-order valence-electron chi connectivity index (χ2n) is 7.72. The number of fused-ring (bicyclic) bond motifs is 1. The van der Waals surface area contributed by atoms with E-state index in [1.807, 2.05) is 0 Å². The molecule has 0 heterocycles. The Kier molecular flexibility index (Phi) is 3.79. The standard InChI is InChI=1S/C20H29N/c21-20(19-17-8-4-5-9-18(17)19)16-12-10-15(11-13-16)14-6-2-1-3-7-14/h10-14,17-20H,1-9,21H2. The molecule has 3 unspecified atom stereocenters. The van der Waals surface area contributed by atoms with Crippen LogP contribution < -0.4 is 5.73 Å². The van der Waals surface area contributed by atoms with Gasteiger partial charge in [-0.2, -0.15) is 0 Å². The SMILES string of the molecule is NC(c1ccc(C2CCCCC2)cc1)C1C2CCCCC21. The smallest absolute Gasteiger partial charge is 0.0329 e. The summed E-state index contributed by atoms with van der Waals surface area (Å²) in [5.74, 6) is 3.50.